The number of carboxylic acid groups (broad SMARTS) is 1. The van der Waals surface area contributed by atoms with Gasteiger partial charge in [-0.3, -0.25) is 0 Å². The minimum Gasteiger partial charge on any atom is -0.477 e. The topological polar surface area (TPSA) is 83.5 Å². The molecule has 2 atom stereocenters. The Morgan fingerprint density at radius 1 is 1.48 bits per heavy atom. The smallest absolute Gasteiger partial charge is 0.345 e. The first-order valence-electron chi connectivity index (χ1n) is 6.90. The number of hydrogen-bond acceptors (Lipinski definition) is 4. The molecule has 2 rings (SSSR count). The second-order valence-electron chi connectivity index (χ2n) is 5.23. The van der Waals surface area contributed by atoms with E-state index in [1.165, 1.54) is 6.07 Å². The molecule has 1 aromatic rings. The lowest BCUT2D eigenvalue weighted by Crippen LogP contribution is -2.41. The van der Waals surface area contributed by atoms with Crippen LogP contribution in [0.4, 0.5) is 0 Å². The van der Waals surface area contributed by atoms with E-state index in [2.05, 4.69) is 27.6 Å². The van der Waals surface area contributed by atoms with Crippen LogP contribution in [0.3, 0.4) is 0 Å². The molecule has 21 heavy (non-hydrogen) atoms. The Labute approximate surface area is 136 Å². The Bertz CT molecular complexity index is 626. The van der Waals surface area contributed by atoms with Crippen LogP contribution in [0, 0.1) is 5.92 Å². The van der Waals surface area contributed by atoms with E-state index in [1.807, 2.05) is 0 Å². The molecule has 2 unspecified atom stereocenters. The summed E-state index contributed by atoms with van der Waals surface area (Å²) in [6.07, 6.45) is 4.98. The highest BCUT2D eigenvalue weighted by atomic mass is 79.9. The molecular formula is C13H18BrNO4S2. The summed E-state index contributed by atoms with van der Waals surface area (Å²) in [7, 11) is -3.70. The molecule has 0 saturated heterocycles. The summed E-state index contributed by atoms with van der Waals surface area (Å²) in [4.78, 5) is 11.0. The quantitative estimate of drug-likeness (QED) is 0.799. The number of halogens is 1. The molecule has 0 aliphatic heterocycles. The first-order valence-corrected chi connectivity index (χ1v) is 9.99. The summed E-state index contributed by atoms with van der Waals surface area (Å²) in [6.45, 7) is 2.07. The molecule has 0 spiro atoms. The monoisotopic (exact) mass is 395 g/mol. The Balaban J connectivity index is 2.23. The second-order valence-corrected chi connectivity index (χ2v) is 9.29. The van der Waals surface area contributed by atoms with Crippen molar-refractivity contribution in [1.82, 2.24) is 4.72 Å². The van der Waals surface area contributed by atoms with Crippen LogP contribution in [0.15, 0.2) is 14.7 Å². The lowest BCUT2D eigenvalue weighted by atomic mass is 9.83. The molecule has 1 aliphatic carbocycles. The average Bonchev–Trinajstić information content (AvgIpc) is 2.82. The van der Waals surface area contributed by atoms with E-state index in [0.29, 0.717) is 9.70 Å². The number of carbonyl (C=O) groups is 1. The predicted octanol–water partition coefficient (Wildman–Crippen LogP) is 3.46. The Kier molecular flexibility index (Phi) is 5.45. The summed E-state index contributed by atoms with van der Waals surface area (Å²) in [5.74, 6) is -0.767. The molecule has 1 fully saturated rings. The third-order valence-corrected chi connectivity index (χ3v) is 7.63. The summed E-state index contributed by atoms with van der Waals surface area (Å²) in [6, 6.07) is 1.15. The van der Waals surface area contributed by atoms with Crippen molar-refractivity contribution in [3.8, 4) is 0 Å². The van der Waals surface area contributed by atoms with E-state index in [1.54, 1.807) is 0 Å². The van der Waals surface area contributed by atoms with Gasteiger partial charge < -0.3 is 5.11 Å². The van der Waals surface area contributed by atoms with Gasteiger partial charge in [-0.2, -0.15) is 0 Å². The number of carboxylic acids is 1. The molecule has 0 bridgehead atoms. The minimum absolute atomic E-state index is 0.0120. The van der Waals surface area contributed by atoms with Crippen LogP contribution >= 0.6 is 27.3 Å². The maximum absolute atomic E-state index is 12.5. The van der Waals surface area contributed by atoms with Gasteiger partial charge in [0.1, 0.15) is 9.77 Å². The number of thiophene rings is 1. The number of sulfonamides is 1. The molecule has 0 radical (unpaired) electrons. The highest BCUT2D eigenvalue weighted by Crippen LogP contribution is 2.33. The lowest BCUT2D eigenvalue weighted by molar-refractivity contribution is 0.0702. The van der Waals surface area contributed by atoms with E-state index in [-0.39, 0.29) is 15.8 Å². The van der Waals surface area contributed by atoms with E-state index < -0.39 is 16.0 Å². The molecule has 5 nitrogen and oxygen atoms in total. The Morgan fingerprint density at radius 3 is 2.71 bits per heavy atom. The second kappa shape index (κ2) is 6.76. The number of nitrogens with one attached hydrogen (secondary N) is 1. The summed E-state index contributed by atoms with van der Waals surface area (Å²) in [5, 5.41) is 8.96. The first-order chi connectivity index (χ1) is 9.85. The highest BCUT2D eigenvalue weighted by Gasteiger charge is 2.30. The molecule has 118 valence electrons. The molecule has 1 aromatic heterocycles. The lowest BCUT2D eigenvalue weighted by Gasteiger charge is -2.31. The summed E-state index contributed by atoms with van der Waals surface area (Å²) < 4.78 is 28.1. The average molecular weight is 396 g/mol. The fourth-order valence-corrected chi connectivity index (χ4v) is 6.50. The van der Waals surface area contributed by atoms with Crippen LogP contribution in [0.1, 0.15) is 48.7 Å². The summed E-state index contributed by atoms with van der Waals surface area (Å²) in [5.41, 5.74) is 0. The Morgan fingerprint density at radius 2 is 2.14 bits per heavy atom. The third-order valence-electron chi connectivity index (χ3n) is 3.90. The molecule has 1 aliphatic rings. The first kappa shape index (κ1) is 16.9. The predicted molar refractivity (Wildman–Crippen MR) is 85.3 cm³/mol. The zero-order chi connectivity index (χ0) is 15.6. The zero-order valence-corrected chi connectivity index (χ0v) is 14.9. The van der Waals surface area contributed by atoms with Gasteiger partial charge in [0.15, 0.2) is 0 Å². The zero-order valence-electron chi connectivity index (χ0n) is 11.6. The van der Waals surface area contributed by atoms with Crippen LogP contribution in [0.2, 0.25) is 0 Å². The van der Waals surface area contributed by atoms with E-state index in [9.17, 15) is 13.2 Å². The van der Waals surface area contributed by atoms with Crippen molar-refractivity contribution in [3.63, 3.8) is 0 Å². The number of aromatic carboxylic acids is 1. The van der Waals surface area contributed by atoms with Gasteiger partial charge in [0.2, 0.25) is 10.0 Å². The van der Waals surface area contributed by atoms with E-state index in [4.69, 9.17) is 5.11 Å². The van der Waals surface area contributed by atoms with Crippen molar-refractivity contribution in [1.29, 1.82) is 0 Å². The van der Waals surface area contributed by atoms with Crippen LogP contribution in [0.5, 0.6) is 0 Å². The van der Waals surface area contributed by atoms with Gasteiger partial charge in [0, 0.05) is 6.04 Å². The van der Waals surface area contributed by atoms with Crippen molar-refractivity contribution in [2.75, 3.05) is 0 Å². The highest BCUT2D eigenvalue weighted by molar-refractivity contribution is 9.11. The standard InChI is InChI=1S/C13H18BrNO4S2/c1-2-8-5-3-4-6-9(8)15-21(18,19)11-7-10(13(16)17)20-12(11)14/h7-9,15H,2-6H2,1H3,(H,16,17). The summed E-state index contributed by atoms with van der Waals surface area (Å²) >= 11 is 4.07. The molecule has 1 saturated carbocycles. The van der Waals surface area contributed by atoms with Gasteiger partial charge in [-0.05, 0) is 40.8 Å². The molecule has 8 heteroatoms. The van der Waals surface area contributed by atoms with Gasteiger partial charge in [-0.15, -0.1) is 11.3 Å². The van der Waals surface area contributed by atoms with E-state index >= 15 is 0 Å². The number of rotatable bonds is 5. The fourth-order valence-electron chi connectivity index (χ4n) is 2.75. The molecular weight excluding hydrogens is 378 g/mol. The van der Waals surface area contributed by atoms with Crippen LogP contribution < -0.4 is 4.72 Å². The van der Waals surface area contributed by atoms with Gasteiger partial charge in [0.25, 0.3) is 0 Å². The SMILES string of the molecule is CCC1CCCCC1NS(=O)(=O)c1cc(C(=O)O)sc1Br. The molecule has 2 N–H and O–H groups in total. The fraction of sp³-hybridized carbons (Fsp3) is 0.615. The molecule has 0 aromatic carbocycles. The van der Waals surface area contributed by atoms with Gasteiger partial charge >= 0.3 is 5.97 Å². The van der Waals surface area contributed by atoms with Crippen molar-refractivity contribution >= 4 is 43.3 Å². The van der Waals surface area contributed by atoms with Crippen molar-refractivity contribution < 1.29 is 18.3 Å². The van der Waals surface area contributed by atoms with Crippen molar-refractivity contribution in [2.45, 2.75) is 50.0 Å². The Hall–Kier alpha value is -0.440. The minimum atomic E-state index is -3.70. The van der Waals surface area contributed by atoms with Crippen molar-refractivity contribution in [2.24, 2.45) is 5.92 Å². The van der Waals surface area contributed by atoms with Gasteiger partial charge in [-0.25, -0.2) is 17.9 Å². The largest absolute Gasteiger partial charge is 0.477 e. The van der Waals surface area contributed by atoms with Crippen LogP contribution in [0.25, 0.3) is 0 Å². The van der Waals surface area contributed by atoms with Gasteiger partial charge in [-0.1, -0.05) is 26.2 Å². The third kappa shape index (κ3) is 3.85. The normalized spacial score (nSPS) is 23.1. The number of hydrogen-bond donors (Lipinski definition) is 2. The van der Waals surface area contributed by atoms with E-state index in [0.717, 1.165) is 43.4 Å². The van der Waals surface area contributed by atoms with Crippen LogP contribution in [-0.4, -0.2) is 25.5 Å². The maximum atomic E-state index is 12.5. The van der Waals surface area contributed by atoms with Crippen molar-refractivity contribution in [3.05, 3.63) is 14.7 Å². The van der Waals surface area contributed by atoms with Gasteiger partial charge in [0.05, 0.1) is 3.79 Å². The molecule has 1 heterocycles. The maximum Gasteiger partial charge on any atom is 0.345 e. The van der Waals surface area contributed by atoms with Crippen LogP contribution in [-0.2, 0) is 10.0 Å². The molecule has 0 amide bonds.